The van der Waals surface area contributed by atoms with Crippen LogP contribution in [0.5, 0.6) is 0 Å². The van der Waals surface area contributed by atoms with Crippen LogP contribution < -0.4 is 11.1 Å². The predicted molar refractivity (Wildman–Crippen MR) is 56.4 cm³/mol. The average molecular weight is 235 g/mol. The van der Waals surface area contributed by atoms with Gasteiger partial charge in [-0.05, 0) is 13.8 Å². The molecule has 0 unspecified atom stereocenters. The first-order valence-corrected chi connectivity index (χ1v) is 5.06. The van der Waals surface area contributed by atoms with E-state index < -0.39 is 5.54 Å². The lowest BCUT2D eigenvalue weighted by Gasteiger charge is -2.24. The Balaban J connectivity index is 2.68. The highest BCUT2D eigenvalue weighted by atomic mass is 35.5. The zero-order valence-electron chi connectivity index (χ0n) is 7.87. The lowest BCUT2D eigenvalue weighted by Crippen LogP contribution is -2.36. The molecule has 0 aromatic carbocycles. The summed E-state index contributed by atoms with van der Waals surface area (Å²) in [4.78, 5) is 10.7. The second-order valence-electron chi connectivity index (χ2n) is 3.56. The number of halogens is 1. The zero-order chi connectivity index (χ0) is 10.8. The highest BCUT2D eigenvalue weighted by molar-refractivity contribution is 6.99. The molecular weight excluding hydrogens is 224 g/mol. The van der Waals surface area contributed by atoms with E-state index in [9.17, 15) is 4.79 Å². The topological polar surface area (TPSA) is 80.9 Å². The summed E-state index contributed by atoms with van der Waals surface area (Å²) in [6.07, 6.45) is 0.209. The van der Waals surface area contributed by atoms with Crippen LogP contribution in [0.25, 0.3) is 0 Å². The van der Waals surface area contributed by atoms with Gasteiger partial charge in [0.1, 0.15) is 0 Å². The van der Waals surface area contributed by atoms with Crippen LogP contribution in [-0.2, 0) is 4.79 Å². The van der Waals surface area contributed by atoms with Gasteiger partial charge in [-0.25, -0.2) is 0 Å². The third-order valence-corrected chi connectivity index (χ3v) is 2.41. The van der Waals surface area contributed by atoms with Crippen molar-refractivity contribution in [2.45, 2.75) is 25.8 Å². The summed E-state index contributed by atoms with van der Waals surface area (Å²) in [6, 6.07) is 0. The molecule has 0 radical (unpaired) electrons. The first kappa shape index (κ1) is 11.2. The molecule has 0 aliphatic carbocycles. The third kappa shape index (κ3) is 3.12. The minimum atomic E-state index is -0.467. The molecule has 5 nitrogen and oxygen atoms in total. The molecule has 1 aromatic rings. The summed E-state index contributed by atoms with van der Waals surface area (Å²) >= 11 is 6.76. The van der Waals surface area contributed by atoms with Crippen LogP contribution in [0.4, 0.5) is 5.82 Å². The van der Waals surface area contributed by atoms with E-state index in [-0.39, 0.29) is 12.3 Å². The van der Waals surface area contributed by atoms with Crippen LogP contribution in [0.2, 0.25) is 5.15 Å². The number of nitrogens with two attached hydrogens (primary N) is 1. The highest BCUT2D eigenvalue weighted by Gasteiger charge is 2.22. The van der Waals surface area contributed by atoms with Crippen LogP contribution in [0.3, 0.4) is 0 Å². The van der Waals surface area contributed by atoms with Gasteiger partial charge in [0.25, 0.3) is 0 Å². The first-order chi connectivity index (χ1) is 6.41. The van der Waals surface area contributed by atoms with Gasteiger partial charge in [-0.1, -0.05) is 11.6 Å². The number of nitrogens with one attached hydrogen (secondary N) is 1. The Morgan fingerprint density at radius 2 is 2.29 bits per heavy atom. The Morgan fingerprint density at radius 1 is 1.64 bits per heavy atom. The molecule has 0 aliphatic heterocycles. The quantitative estimate of drug-likeness (QED) is 0.822. The Labute approximate surface area is 91.0 Å². The fourth-order valence-corrected chi connectivity index (χ4v) is 1.70. The van der Waals surface area contributed by atoms with Crippen molar-refractivity contribution in [1.29, 1.82) is 0 Å². The van der Waals surface area contributed by atoms with E-state index in [1.807, 2.05) is 13.8 Å². The Hall–Kier alpha value is -0.880. The molecule has 0 saturated heterocycles. The van der Waals surface area contributed by atoms with Gasteiger partial charge >= 0.3 is 0 Å². The van der Waals surface area contributed by atoms with E-state index in [4.69, 9.17) is 17.3 Å². The maximum atomic E-state index is 10.7. The molecular formula is C7H11ClN4OS. The molecule has 1 aromatic heterocycles. The number of amides is 1. The fourth-order valence-electron chi connectivity index (χ4n) is 1.05. The number of nitrogens with zero attached hydrogens (tertiary/aromatic N) is 2. The molecule has 0 fully saturated rings. The molecule has 1 rings (SSSR count). The van der Waals surface area contributed by atoms with Gasteiger partial charge in [-0.15, -0.1) is 0 Å². The number of hydrogen-bond donors (Lipinski definition) is 2. The van der Waals surface area contributed by atoms with E-state index in [1.54, 1.807) is 0 Å². The standard InChI is InChI=1S/C7H11ClN4OS/c1-7(2,3-4(9)13)10-6-5(8)11-14-12-6/h3H2,1-2H3,(H2,9,13)(H,10,12). The maximum absolute atomic E-state index is 10.7. The summed E-state index contributed by atoms with van der Waals surface area (Å²) in [6.45, 7) is 3.68. The summed E-state index contributed by atoms with van der Waals surface area (Å²) < 4.78 is 7.74. The Bertz CT molecular complexity index is 338. The average Bonchev–Trinajstić information content (AvgIpc) is 2.32. The molecule has 3 N–H and O–H groups in total. The molecule has 1 heterocycles. The van der Waals surface area contributed by atoms with E-state index in [2.05, 4.69) is 14.1 Å². The van der Waals surface area contributed by atoms with Crippen LogP contribution in [0.15, 0.2) is 0 Å². The molecule has 1 amide bonds. The third-order valence-electron chi connectivity index (χ3n) is 1.52. The zero-order valence-corrected chi connectivity index (χ0v) is 9.45. The number of carbonyl (C=O) groups excluding carboxylic acids is 1. The first-order valence-electron chi connectivity index (χ1n) is 3.95. The summed E-state index contributed by atoms with van der Waals surface area (Å²) in [7, 11) is 0. The van der Waals surface area contributed by atoms with Gasteiger partial charge in [-0.2, -0.15) is 8.75 Å². The molecule has 78 valence electrons. The van der Waals surface area contributed by atoms with Gasteiger partial charge in [0.05, 0.1) is 11.7 Å². The van der Waals surface area contributed by atoms with Gasteiger partial charge in [0.15, 0.2) is 11.0 Å². The van der Waals surface area contributed by atoms with Gasteiger partial charge in [-0.3, -0.25) is 4.79 Å². The SMILES string of the molecule is CC(C)(CC(N)=O)Nc1nsnc1Cl. The number of primary amides is 1. The number of anilines is 1. The van der Waals surface area contributed by atoms with Crippen LogP contribution in [0.1, 0.15) is 20.3 Å². The Kier molecular flexibility index (Phi) is 3.28. The number of aromatic nitrogens is 2. The number of hydrogen-bond acceptors (Lipinski definition) is 5. The highest BCUT2D eigenvalue weighted by Crippen LogP contribution is 2.23. The van der Waals surface area contributed by atoms with E-state index >= 15 is 0 Å². The monoisotopic (exact) mass is 234 g/mol. The predicted octanol–water partition coefficient (Wildman–Crippen LogP) is 1.26. The molecule has 0 atom stereocenters. The van der Waals surface area contributed by atoms with E-state index in [0.29, 0.717) is 11.0 Å². The normalized spacial score (nSPS) is 11.4. The number of rotatable bonds is 4. The molecule has 0 aliphatic rings. The van der Waals surface area contributed by atoms with Crippen molar-refractivity contribution < 1.29 is 4.79 Å². The second kappa shape index (κ2) is 4.10. The molecule has 0 saturated carbocycles. The van der Waals surface area contributed by atoms with Crippen molar-refractivity contribution in [3.8, 4) is 0 Å². The fraction of sp³-hybridized carbons (Fsp3) is 0.571. The maximum Gasteiger partial charge on any atom is 0.219 e. The lowest BCUT2D eigenvalue weighted by atomic mass is 10.0. The molecule has 14 heavy (non-hydrogen) atoms. The smallest absolute Gasteiger partial charge is 0.219 e. The minimum Gasteiger partial charge on any atom is -0.370 e. The van der Waals surface area contributed by atoms with Crippen molar-refractivity contribution in [3.63, 3.8) is 0 Å². The van der Waals surface area contributed by atoms with E-state index in [1.165, 1.54) is 0 Å². The van der Waals surface area contributed by atoms with Crippen LogP contribution in [-0.4, -0.2) is 20.2 Å². The van der Waals surface area contributed by atoms with E-state index in [0.717, 1.165) is 11.7 Å². The summed E-state index contributed by atoms with van der Waals surface area (Å²) in [5.74, 6) is 0.115. The van der Waals surface area contributed by atoms with Crippen molar-refractivity contribution >= 4 is 35.1 Å². The lowest BCUT2D eigenvalue weighted by molar-refractivity contribution is -0.118. The van der Waals surface area contributed by atoms with Crippen molar-refractivity contribution in [2.24, 2.45) is 5.73 Å². The molecule has 0 bridgehead atoms. The summed E-state index contributed by atoms with van der Waals surface area (Å²) in [5, 5.41) is 3.31. The van der Waals surface area contributed by atoms with Crippen molar-refractivity contribution in [3.05, 3.63) is 5.15 Å². The number of carbonyl (C=O) groups is 1. The largest absolute Gasteiger partial charge is 0.370 e. The molecule has 7 heteroatoms. The van der Waals surface area contributed by atoms with Gasteiger partial charge < -0.3 is 11.1 Å². The van der Waals surface area contributed by atoms with Crippen molar-refractivity contribution in [2.75, 3.05) is 5.32 Å². The van der Waals surface area contributed by atoms with Crippen LogP contribution in [0, 0.1) is 0 Å². The van der Waals surface area contributed by atoms with Crippen LogP contribution >= 0.6 is 23.3 Å². The minimum absolute atomic E-state index is 0.209. The molecule has 0 spiro atoms. The van der Waals surface area contributed by atoms with Gasteiger partial charge in [0.2, 0.25) is 5.91 Å². The van der Waals surface area contributed by atoms with Gasteiger partial charge in [0, 0.05) is 12.0 Å². The Morgan fingerprint density at radius 3 is 2.71 bits per heavy atom. The van der Waals surface area contributed by atoms with Crippen molar-refractivity contribution in [1.82, 2.24) is 8.75 Å². The second-order valence-corrected chi connectivity index (χ2v) is 4.44. The summed E-state index contributed by atoms with van der Waals surface area (Å²) in [5.41, 5.74) is 4.63.